The monoisotopic (exact) mass is 784 g/mol. The van der Waals surface area contributed by atoms with Crippen LogP contribution in [0.5, 0.6) is 0 Å². The molecular weight excluding hydrogens is 737 g/mol. The van der Waals surface area contributed by atoms with Crippen molar-refractivity contribution in [1.29, 1.82) is 0 Å². The number of hydrogen-bond acceptors (Lipinski definition) is 1. The molecule has 0 fully saturated rings. The average Bonchev–Trinajstić information content (AvgIpc) is 3.96. The second-order valence-corrected chi connectivity index (χ2v) is 20.5. The number of para-hydroxylation sites is 1. The van der Waals surface area contributed by atoms with Gasteiger partial charge in [-0.3, -0.25) is 0 Å². The van der Waals surface area contributed by atoms with Gasteiger partial charge in [-0.25, -0.2) is 0 Å². The van der Waals surface area contributed by atoms with Gasteiger partial charge in [-0.05, 0) is 142 Å². The second-order valence-electron chi connectivity index (χ2n) is 20.5. The van der Waals surface area contributed by atoms with Gasteiger partial charge in [0.2, 0.25) is 0 Å². The molecule has 0 radical (unpaired) electrons. The first-order chi connectivity index (χ1) is 29.3. The number of fused-ring (bicyclic) bond motifs is 16. The van der Waals surface area contributed by atoms with E-state index < -0.39 is 0 Å². The Morgan fingerprint density at radius 1 is 0.311 bits per heavy atom. The number of benzene rings is 8. The molecule has 0 spiro atoms. The zero-order valence-corrected chi connectivity index (χ0v) is 36.3. The Hall–Kier alpha value is -6.44. The SMILES string of the molecule is CC1(C)c2ccccc2-c2cc(-c3ccc4c(c3)C(C)(C)c3cc5c(cc3-4)-c3c(cc(-c4ccc6c(c4)-c4ccccc4C6(C)C)c4oc6ccccc6c34)C5(C)C)ccc21. The number of rotatable bonds is 2. The molecule has 9 aromatic rings. The quantitative estimate of drug-likeness (QED) is 0.170. The Morgan fingerprint density at radius 3 is 1.49 bits per heavy atom. The van der Waals surface area contributed by atoms with Crippen molar-refractivity contribution in [2.24, 2.45) is 0 Å². The van der Waals surface area contributed by atoms with Crippen molar-refractivity contribution in [3.05, 3.63) is 190 Å². The lowest BCUT2D eigenvalue weighted by molar-refractivity contribution is 0.639. The standard InChI is InChI=1S/C60H48O/c1-57(2)45-18-12-9-15-36(45)41-27-33(22-25-47(41)57)34-21-24-38-43-30-44-51(32-50(43)59(5,6)49(38)29-34)60(7,8)52-31-40(56-55(54(44)52)39-17-11-14-20-53(39)61-56)35-23-26-48-42(28-35)37-16-10-13-19-46(37)58(48,3)4/h9-32H,1-8H3. The zero-order valence-electron chi connectivity index (χ0n) is 36.3. The first-order valence-electron chi connectivity index (χ1n) is 22.1. The molecule has 13 rings (SSSR count). The molecule has 8 aromatic carbocycles. The third-order valence-corrected chi connectivity index (χ3v) is 15.9. The van der Waals surface area contributed by atoms with Gasteiger partial charge in [-0.15, -0.1) is 0 Å². The van der Waals surface area contributed by atoms with E-state index in [0.29, 0.717) is 0 Å². The largest absolute Gasteiger partial charge is 0.455 e. The average molecular weight is 785 g/mol. The molecule has 0 N–H and O–H groups in total. The van der Waals surface area contributed by atoms with Gasteiger partial charge in [0.25, 0.3) is 0 Å². The molecular formula is C60H48O. The maximum atomic E-state index is 6.97. The van der Waals surface area contributed by atoms with Crippen LogP contribution in [0, 0.1) is 0 Å². The minimum absolute atomic E-state index is 0.000630. The van der Waals surface area contributed by atoms with Crippen LogP contribution in [0.2, 0.25) is 0 Å². The molecule has 4 aliphatic carbocycles. The van der Waals surface area contributed by atoms with Crippen molar-refractivity contribution in [2.75, 3.05) is 0 Å². The fraction of sp³-hybridized carbons (Fsp3) is 0.200. The molecule has 0 unspecified atom stereocenters. The Kier molecular flexibility index (Phi) is 6.53. The highest BCUT2D eigenvalue weighted by molar-refractivity contribution is 6.19. The summed E-state index contributed by atoms with van der Waals surface area (Å²) >= 11 is 0. The molecule has 0 atom stereocenters. The summed E-state index contributed by atoms with van der Waals surface area (Å²) in [6.45, 7) is 19.2. The molecule has 0 saturated carbocycles. The maximum Gasteiger partial charge on any atom is 0.143 e. The molecule has 0 aliphatic heterocycles. The van der Waals surface area contributed by atoms with Crippen LogP contribution in [0.4, 0.5) is 0 Å². The maximum absolute atomic E-state index is 6.97. The lowest BCUT2D eigenvalue weighted by Crippen LogP contribution is -2.19. The van der Waals surface area contributed by atoms with Crippen molar-refractivity contribution in [2.45, 2.75) is 77.0 Å². The first-order valence-corrected chi connectivity index (χ1v) is 22.1. The lowest BCUT2D eigenvalue weighted by atomic mass is 9.77. The number of furan rings is 1. The highest BCUT2D eigenvalue weighted by atomic mass is 16.3. The van der Waals surface area contributed by atoms with E-state index in [-0.39, 0.29) is 21.7 Å². The van der Waals surface area contributed by atoms with E-state index in [1.165, 1.54) is 122 Å². The van der Waals surface area contributed by atoms with Crippen LogP contribution >= 0.6 is 0 Å². The van der Waals surface area contributed by atoms with Crippen molar-refractivity contribution in [3.63, 3.8) is 0 Å². The molecule has 0 amide bonds. The van der Waals surface area contributed by atoms with Crippen LogP contribution in [0.1, 0.15) is 99.9 Å². The summed E-state index contributed by atoms with van der Waals surface area (Å²) in [7, 11) is 0. The summed E-state index contributed by atoms with van der Waals surface area (Å²) in [5.41, 5.74) is 28.4. The van der Waals surface area contributed by atoms with Crippen molar-refractivity contribution >= 4 is 21.9 Å². The van der Waals surface area contributed by atoms with Gasteiger partial charge >= 0.3 is 0 Å². The van der Waals surface area contributed by atoms with E-state index in [2.05, 4.69) is 201 Å². The van der Waals surface area contributed by atoms with Gasteiger partial charge in [-0.1, -0.05) is 165 Å². The molecule has 61 heavy (non-hydrogen) atoms. The van der Waals surface area contributed by atoms with Crippen LogP contribution in [-0.2, 0) is 21.7 Å². The van der Waals surface area contributed by atoms with Crippen LogP contribution < -0.4 is 0 Å². The summed E-state index contributed by atoms with van der Waals surface area (Å²) in [6, 6.07) is 55.6. The molecule has 1 nitrogen and oxygen atoms in total. The van der Waals surface area contributed by atoms with E-state index in [0.717, 1.165) is 11.2 Å². The summed E-state index contributed by atoms with van der Waals surface area (Å²) in [4.78, 5) is 0. The van der Waals surface area contributed by atoms with E-state index in [9.17, 15) is 0 Å². The summed E-state index contributed by atoms with van der Waals surface area (Å²) in [6.07, 6.45) is 0. The Labute approximate surface area is 358 Å². The Balaban J connectivity index is 0.988. The van der Waals surface area contributed by atoms with Gasteiger partial charge in [0.1, 0.15) is 11.2 Å². The van der Waals surface area contributed by atoms with Crippen LogP contribution in [-0.4, -0.2) is 0 Å². The Bertz CT molecular complexity index is 3470. The van der Waals surface area contributed by atoms with E-state index in [4.69, 9.17) is 4.42 Å². The normalized spacial score (nSPS) is 17.0. The summed E-state index contributed by atoms with van der Waals surface area (Å²) < 4.78 is 6.97. The highest BCUT2D eigenvalue weighted by Crippen LogP contribution is 2.60. The molecule has 1 heteroatoms. The van der Waals surface area contributed by atoms with Crippen LogP contribution in [0.15, 0.2) is 150 Å². The van der Waals surface area contributed by atoms with Gasteiger partial charge < -0.3 is 4.42 Å². The molecule has 294 valence electrons. The number of hydrogen-bond donors (Lipinski definition) is 0. The highest BCUT2D eigenvalue weighted by Gasteiger charge is 2.44. The third-order valence-electron chi connectivity index (χ3n) is 15.9. The summed E-state index contributed by atoms with van der Waals surface area (Å²) in [5, 5.41) is 2.41. The van der Waals surface area contributed by atoms with Crippen molar-refractivity contribution in [1.82, 2.24) is 0 Å². The minimum atomic E-state index is -0.225. The minimum Gasteiger partial charge on any atom is -0.455 e. The van der Waals surface area contributed by atoms with Crippen LogP contribution in [0.25, 0.3) is 88.7 Å². The van der Waals surface area contributed by atoms with Crippen molar-refractivity contribution in [3.8, 4) is 66.8 Å². The van der Waals surface area contributed by atoms with Crippen LogP contribution in [0.3, 0.4) is 0 Å². The van der Waals surface area contributed by atoms with Crippen molar-refractivity contribution < 1.29 is 4.42 Å². The molecule has 1 aromatic heterocycles. The van der Waals surface area contributed by atoms with Gasteiger partial charge in [-0.2, -0.15) is 0 Å². The van der Waals surface area contributed by atoms with Gasteiger partial charge in [0, 0.05) is 38.0 Å². The fourth-order valence-corrected chi connectivity index (χ4v) is 12.5. The Morgan fingerprint density at radius 2 is 0.787 bits per heavy atom. The fourth-order valence-electron chi connectivity index (χ4n) is 12.5. The topological polar surface area (TPSA) is 13.1 Å². The molecule has 1 heterocycles. The second kappa shape index (κ2) is 11.3. The molecule has 0 saturated heterocycles. The zero-order chi connectivity index (χ0) is 41.5. The summed E-state index contributed by atoms with van der Waals surface area (Å²) in [5.74, 6) is 0. The predicted molar refractivity (Wildman–Crippen MR) is 255 cm³/mol. The first kappa shape index (κ1) is 35.3. The molecule has 0 bridgehead atoms. The lowest BCUT2D eigenvalue weighted by Gasteiger charge is -2.26. The third kappa shape index (κ3) is 4.32. The van der Waals surface area contributed by atoms with E-state index >= 15 is 0 Å². The predicted octanol–water partition coefficient (Wildman–Crippen LogP) is 16.1. The van der Waals surface area contributed by atoms with Gasteiger partial charge in [0.15, 0.2) is 0 Å². The van der Waals surface area contributed by atoms with Gasteiger partial charge in [0.05, 0.1) is 0 Å². The van der Waals surface area contributed by atoms with E-state index in [1.54, 1.807) is 0 Å². The smallest absolute Gasteiger partial charge is 0.143 e. The molecule has 4 aliphatic rings. The van der Waals surface area contributed by atoms with E-state index in [1.807, 2.05) is 0 Å².